The van der Waals surface area contributed by atoms with Crippen LogP contribution in [0.1, 0.15) is 32.1 Å². The third-order valence-electron chi connectivity index (χ3n) is 5.14. The Labute approximate surface area is 110 Å². The maximum absolute atomic E-state index is 8.38. The summed E-state index contributed by atoms with van der Waals surface area (Å²) in [6, 6.07) is 1.99. The number of nitriles is 1. The molecule has 0 N–H and O–H groups in total. The minimum Gasteiger partial charge on any atom is -0.193 e. The van der Waals surface area contributed by atoms with Crippen molar-refractivity contribution >= 4 is 0 Å². The summed E-state index contributed by atoms with van der Waals surface area (Å²) in [5.41, 5.74) is 0. The summed E-state index contributed by atoms with van der Waals surface area (Å²) in [5.74, 6) is 4.90. The lowest BCUT2D eigenvalue weighted by atomic mass is 9.52. The van der Waals surface area contributed by atoms with E-state index in [-0.39, 0.29) is 0 Å². The molecule has 4 aliphatic rings. The van der Waals surface area contributed by atoms with Gasteiger partial charge in [0.2, 0.25) is 0 Å². The normalized spacial score (nSPS) is 42.3. The third kappa shape index (κ3) is 2.29. The van der Waals surface area contributed by atoms with Crippen molar-refractivity contribution in [1.82, 2.24) is 0 Å². The smallest absolute Gasteiger partial charge is 0.0912 e. The Hall–Kier alpha value is -1.29. The van der Waals surface area contributed by atoms with Gasteiger partial charge in [0, 0.05) is 6.08 Å². The summed E-state index contributed by atoms with van der Waals surface area (Å²) < 4.78 is 0. The molecule has 0 saturated heterocycles. The molecule has 1 heteroatoms. The fourth-order valence-corrected chi connectivity index (χ4v) is 4.70. The highest BCUT2D eigenvalue weighted by molar-refractivity contribution is 5.17. The molecule has 0 aliphatic heterocycles. The first-order valence-corrected chi connectivity index (χ1v) is 7.26. The lowest BCUT2D eigenvalue weighted by Crippen LogP contribution is -2.44. The van der Waals surface area contributed by atoms with Gasteiger partial charge in [0.1, 0.15) is 0 Å². The minimum absolute atomic E-state index is 0.836. The molecule has 4 fully saturated rings. The van der Waals surface area contributed by atoms with Gasteiger partial charge >= 0.3 is 0 Å². The van der Waals surface area contributed by atoms with Gasteiger partial charge in [0.05, 0.1) is 6.07 Å². The van der Waals surface area contributed by atoms with Crippen molar-refractivity contribution < 1.29 is 0 Å². The van der Waals surface area contributed by atoms with Gasteiger partial charge in [-0.1, -0.05) is 30.4 Å². The summed E-state index contributed by atoms with van der Waals surface area (Å²) in [7, 11) is 0. The molecular weight excluding hydrogens is 218 g/mol. The zero-order chi connectivity index (χ0) is 12.4. The summed E-state index contributed by atoms with van der Waals surface area (Å²) >= 11 is 0. The van der Waals surface area contributed by atoms with E-state index in [4.69, 9.17) is 5.26 Å². The second-order valence-corrected chi connectivity index (χ2v) is 6.27. The number of nitrogens with zero attached hydrogens (tertiary/aromatic N) is 1. The predicted molar refractivity (Wildman–Crippen MR) is 73.6 cm³/mol. The van der Waals surface area contributed by atoms with E-state index in [1.165, 1.54) is 38.2 Å². The van der Waals surface area contributed by atoms with Crippen LogP contribution in [0.25, 0.3) is 0 Å². The van der Waals surface area contributed by atoms with Crippen LogP contribution in [0.15, 0.2) is 36.5 Å². The number of hydrogen-bond acceptors (Lipinski definition) is 1. The van der Waals surface area contributed by atoms with Gasteiger partial charge in [-0.15, -0.1) is 0 Å². The number of rotatable bonds is 3. The number of allylic oxidation sites excluding steroid dienone is 6. The van der Waals surface area contributed by atoms with Gasteiger partial charge < -0.3 is 0 Å². The van der Waals surface area contributed by atoms with Crippen LogP contribution < -0.4 is 0 Å². The molecule has 4 saturated carbocycles. The molecule has 0 aromatic carbocycles. The van der Waals surface area contributed by atoms with Gasteiger partial charge in [0.15, 0.2) is 0 Å². The van der Waals surface area contributed by atoms with Crippen LogP contribution in [0, 0.1) is 40.9 Å². The Morgan fingerprint density at radius 2 is 1.39 bits per heavy atom. The van der Waals surface area contributed by atoms with Crippen LogP contribution in [0.5, 0.6) is 0 Å². The van der Waals surface area contributed by atoms with Crippen LogP contribution in [0.3, 0.4) is 0 Å². The standard InChI is InChI=1S/C17H21N/c18-7-5-3-1-2-4-6-17-15-9-13-8-14(11-15)12-16(17)10-13/h1-6,13-17H,8-12H2/b2-1-,5-3-,6-4-. The molecule has 0 aromatic rings. The van der Waals surface area contributed by atoms with Gasteiger partial charge in [-0.3, -0.25) is 0 Å². The molecule has 0 radical (unpaired) electrons. The number of hydrogen-bond donors (Lipinski definition) is 0. The first kappa shape index (κ1) is 11.8. The van der Waals surface area contributed by atoms with E-state index in [1.54, 1.807) is 6.08 Å². The van der Waals surface area contributed by atoms with Crippen molar-refractivity contribution in [3.8, 4) is 6.07 Å². The molecule has 0 amide bonds. The maximum Gasteiger partial charge on any atom is 0.0912 e. The summed E-state index contributed by atoms with van der Waals surface area (Å²) in [4.78, 5) is 0. The highest BCUT2D eigenvalue weighted by Crippen LogP contribution is 2.56. The van der Waals surface area contributed by atoms with Gasteiger partial charge in [0.25, 0.3) is 0 Å². The van der Waals surface area contributed by atoms with Crippen LogP contribution in [-0.4, -0.2) is 0 Å². The van der Waals surface area contributed by atoms with Gasteiger partial charge in [-0.05, 0) is 61.7 Å². The first-order valence-electron chi connectivity index (χ1n) is 7.26. The molecule has 94 valence electrons. The van der Waals surface area contributed by atoms with Crippen molar-refractivity contribution in [2.75, 3.05) is 0 Å². The third-order valence-corrected chi connectivity index (χ3v) is 5.14. The highest BCUT2D eigenvalue weighted by atomic mass is 14.5. The minimum atomic E-state index is 0.836. The molecule has 0 heterocycles. The van der Waals surface area contributed by atoms with Gasteiger partial charge in [-0.25, -0.2) is 0 Å². The lowest BCUT2D eigenvalue weighted by molar-refractivity contribution is -0.0161. The summed E-state index contributed by atoms with van der Waals surface area (Å²) in [6.07, 6.45) is 19.4. The fourth-order valence-electron chi connectivity index (χ4n) is 4.70. The Morgan fingerprint density at radius 1 is 0.778 bits per heavy atom. The van der Waals surface area contributed by atoms with Crippen LogP contribution in [-0.2, 0) is 0 Å². The Bertz CT molecular complexity index is 393. The zero-order valence-electron chi connectivity index (χ0n) is 10.8. The van der Waals surface area contributed by atoms with E-state index in [2.05, 4.69) is 18.2 Å². The summed E-state index contributed by atoms with van der Waals surface area (Å²) in [6.45, 7) is 0. The van der Waals surface area contributed by atoms with Crippen molar-refractivity contribution in [2.24, 2.45) is 29.6 Å². The Kier molecular flexibility index (Phi) is 3.37. The lowest BCUT2D eigenvalue weighted by Gasteiger charge is -2.53. The molecule has 4 rings (SSSR count). The van der Waals surface area contributed by atoms with E-state index in [0.717, 1.165) is 29.6 Å². The average Bonchev–Trinajstić information content (AvgIpc) is 2.35. The second kappa shape index (κ2) is 5.14. The molecule has 0 unspecified atom stereocenters. The molecule has 1 nitrogen and oxygen atoms in total. The predicted octanol–water partition coefficient (Wildman–Crippen LogP) is 4.25. The molecular formula is C17H21N. The van der Waals surface area contributed by atoms with E-state index in [1.807, 2.05) is 12.1 Å². The first-order chi connectivity index (χ1) is 8.86. The van der Waals surface area contributed by atoms with Crippen molar-refractivity contribution in [3.05, 3.63) is 36.5 Å². The second-order valence-electron chi connectivity index (χ2n) is 6.27. The molecule has 4 bridgehead atoms. The van der Waals surface area contributed by atoms with E-state index in [0.29, 0.717) is 0 Å². The van der Waals surface area contributed by atoms with E-state index >= 15 is 0 Å². The van der Waals surface area contributed by atoms with Gasteiger partial charge in [-0.2, -0.15) is 5.26 Å². The summed E-state index contributed by atoms with van der Waals surface area (Å²) in [5, 5.41) is 8.38. The molecule has 0 aromatic heterocycles. The molecule has 0 spiro atoms. The topological polar surface area (TPSA) is 23.8 Å². The Morgan fingerprint density at radius 3 is 2.00 bits per heavy atom. The van der Waals surface area contributed by atoms with E-state index in [9.17, 15) is 0 Å². The van der Waals surface area contributed by atoms with Crippen molar-refractivity contribution in [1.29, 1.82) is 5.26 Å². The van der Waals surface area contributed by atoms with Crippen LogP contribution >= 0.6 is 0 Å². The van der Waals surface area contributed by atoms with Crippen molar-refractivity contribution in [2.45, 2.75) is 32.1 Å². The average molecular weight is 239 g/mol. The Balaban J connectivity index is 1.60. The quantitative estimate of drug-likeness (QED) is 0.533. The largest absolute Gasteiger partial charge is 0.193 e. The molecule has 18 heavy (non-hydrogen) atoms. The van der Waals surface area contributed by atoms with E-state index < -0.39 is 0 Å². The molecule has 0 atom stereocenters. The highest BCUT2D eigenvalue weighted by Gasteiger charge is 2.46. The molecule has 4 aliphatic carbocycles. The van der Waals surface area contributed by atoms with Crippen LogP contribution in [0.2, 0.25) is 0 Å². The SMILES string of the molecule is N#C\C=C/C=C\C=C/C1C2CC3CC(C2)CC1C3. The zero-order valence-corrected chi connectivity index (χ0v) is 10.8. The van der Waals surface area contributed by atoms with Crippen LogP contribution in [0.4, 0.5) is 0 Å². The maximum atomic E-state index is 8.38. The fraction of sp³-hybridized carbons (Fsp3) is 0.588. The monoisotopic (exact) mass is 239 g/mol. The van der Waals surface area contributed by atoms with Crippen molar-refractivity contribution in [3.63, 3.8) is 0 Å².